The van der Waals surface area contributed by atoms with Gasteiger partial charge in [-0.25, -0.2) is 14.5 Å². The molecule has 3 aliphatic rings. The van der Waals surface area contributed by atoms with E-state index in [1.165, 1.54) is 11.0 Å². The van der Waals surface area contributed by atoms with Gasteiger partial charge in [0.25, 0.3) is 0 Å². The summed E-state index contributed by atoms with van der Waals surface area (Å²) in [5, 5.41) is 2.77. The number of ether oxygens (including phenoxy) is 2. The van der Waals surface area contributed by atoms with Gasteiger partial charge in [0.1, 0.15) is 12.2 Å². The summed E-state index contributed by atoms with van der Waals surface area (Å²) in [4.78, 5) is 38.3. The summed E-state index contributed by atoms with van der Waals surface area (Å²) in [5.74, 6) is -0.706. The van der Waals surface area contributed by atoms with Gasteiger partial charge in [-0.2, -0.15) is 0 Å². The number of rotatable bonds is 3. The molecule has 0 radical (unpaired) electrons. The van der Waals surface area contributed by atoms with Crippen LogP contribution in [0.2, 0.25) is 0 Å². The number of hydrogen-bond acceptors (Lipinski definition) is 5. The second-order valence-electron chi connectivity index (χ2n) is 7.46. The number of fused-ring (bicyclic) bond motifs is 3. The molecule has 0 spiro atoms. The van der Waals surface area contributed by atoms with Crippen molar-refractivity contribution in [2.45, 2.75) is 56.6 Å². The van der Waals surface area contributed by atoms with Crippen LogP contribution in [0, 0.1) is 11.8 Å². The summed E-state index contributed by atoms with van der Waals surface area (Å²) >= 11 is 3.57. The average molecular weight is 417 g/mol. The molecule has 5 unspecified atom stereocenters. The van der Waals surface area contributed by atoms with Crippen molar-refractivity contribution in [1.29, 1.82) is 0 Å². The molecule has 3 rings (SSSR count). The Morgan fingerprint density at radius 2 is 2.08 bits per heavy atom. The van der Waals surface area contributed by atoms with Gasteiger partial charge < -0.3 is 14.8 Å². The van der Waals surface area contributed by atoms with Crippen LogP contribution < -0.4 is 5.32 Å². The highest BCUT2D eigenvalue weighted by atomic mass is 79.9. The van der Waals surface area contributed by atoms with Crippen molar-refractivity contribution in [2.75, 3.05) is 6.61 Å². The number of halogens is 1. The van der Waals surface area contributed by atoms with Gasteiger partial charge in [0, 0.05) is 4.83 Å². The largest absolute Gasteiger partial charge is 0.445 e. The molecule has 2 aliphatic heterocycles. The molecule has 0 aromatic rings. The number of nitrogens with one attached hydrogen (secondary N) is 1. The van der Waals surface area contributed by atoms with Crippen molar-refractivity contribution in [3.8, 4) is 0 Å². The minimum absolute atomic E-state index is 0.0336. The van der Waals surface area contributed by atoms with Crippen LogP contribution in [-0.4, -0.2) is 52.1 Å². The highest BCUT2D eigenvalue weighted by Crippen LogP contribution is 2.44. The van der Waals surface area contributed by atoms with Crippen LogP contribution in [0.4, 0.5) is 9.59 Å². The van der Waals surface area contributed by atoms with E-state index in [9.17, 15) is 14.4 Å². The Morgan fingerprint density at radius 1 is 1.44 bits per heavy atom. The molecule has 1 N–H and O–H groups in total. The van der Waals surface area contributed by atoms with Crippen LogP contribution in [-0.2, 0) is 14.3 Å². The number of carbonyl (C=O) groups is 3. The van der Waals surface area contributed by atoms with Gasteiger partial charge >= 0.3 is 12.2 Å². The lowest BCUT2D eigenvalue weighted by Gasteiger charge is -2.53. The maximum Gasteiger partial charge on any atom is 0.417 e. The number of alkyl carbamates (subject to hydrolysis) is 1. The molecule has 2 saturated heterocycles. The highest BCUT2D eigenvalue weighted by molar-refractivity contribution is 9.09. The fourth-order valence-corrected chi connectivity index (χ4v) is 4.19. The number of carbonyl (C=O) groups excluding carboxylic acids is 3. The van der Waals surface area contributed by atoms with Crippen LogP contribution in [0.1, 0.15) is 34.1 Å². The third-order valence-electron chi connectivity index (χ3n) is 4.42. The number of alkyl halides is 1. The predicted octanol–water partition coefficient (Wildman–Crippen LogP) is 2.83. The van der Waals surface area contributed by atoms with Crippen LogP contribution >= 0.6 is 15.9 Å². The fourth-order valence-electron chi connectivity index (χ4n) is 3.44. The van der Waals surface area contributed by atoms with Crippen molar-refractivity contribution in [3.05, 3.63) is 12.7 Å². The summed E-state index contributed by atoms with van der Waals surface area (Å²) in [6, 6.07) is -0.871. The molecule has 1 saturated carbocycles. The van der Waals surface area contributed by atoms with E-state index in [0.29, 0.717) is 6.42 Å². The molecule has 3 amide bonds. The first-order valence-electron chi connectivity index (χ1n) is 8.31. The molecular weight excluding hydrogens is 392 g/mol. The van der Waals surface area contributed by atoms with Gasteiger partial charge in [-0.15, -0.1) is 0 Å². The van der Waals surface area contributed by atoms with E-state index in [1.54, 1.807) is 20.8 Å². The quantitative estimate of drug-likeness (QED) is 0.564. The Bertz CT molecular complexity index is 574. The standard InChI is InChI=1S/C17H25BrN2O5/c1-6-7-24-15(22)19-11-8-10-12(18)9(2)13(11)20(14(10)21)16(23)25-17(3,4)5/h6,9-13H,1,7-8H2,2-5H3,(H,19,22). The summed E-state index contributed by atoms with van der Waals surface area (Å²) in [5.41, 5.74) is -0.711. The van der Waals surface area contributed by atoms with Crippen molar-refractivity contribution < 1.29 is 23.9 Å². The van der Waals surface area contributed by atoms with E-state index in [1.807, 2.05) is 6.92 Å². The van der Waals surface area contributed by atoms with Gasteiger partial charge in [-0.05, 0) is 33.1 Å². The Kier molecular flexibility index (Phi) is 5.81. The van der Waals surface area contributed by atoms with Crippen molar-refractivity contribution >= 4 is 34.0 Å². The third-order valence-corrected chi connectivity index (χ3v) is 5.90. The van der Waals surface area contributed by atoms with Gasteiger partial charge in [0.2, 0.25) is 5.91 Å². The van der Waals surface area contributed by atoms with Gasteiger partial charge in [0.15, 0.2) is 0 Å². The van der Waals surface area contributed by atoms with E-state index < -0.39 is 29.7 Å². The first-order chi connectivity index (χ1) is 11.6. The van der Waals surface area contributed by atoms with E-state index in [4.69, 9.17) is 9.47 Å². The molecule has 5 atom stereocenters. The minimum Gasteiger partial charge on any atom is -0.445 e. The minimum atomic E-state index is -0.711. The normalized spacial score (nSPS) is 31.5. The number of nitrogens with zero attached hydrogens (tertiary/aromatic N) is 1. The lowest BCUT2D eigenvalue weighted by atomic mass is 9.70. The number of piperidine rings is 2. The SMILES string of the molecule is C=CCOC(=O)NC1CC2C(=O)N(C(=O)OC(C)(C)C)C1C(C)C2Br. The number of imide groups is 1. The summed E-state index contributed by atoms with van der Waals surface area (Å²) < 4.78 is 10.4. The molecule has 0 aromatic heterocycles. The highest BCUT2D eigenvalue weighted by Gasteiger charge is 2.57. The number of amides is 3. The summed E-state index contributed by atoms with van der Waals surface area (Å²) in [6.07, 6.45) is 0.657. The van der Waals surface area contributed by atoms with Gasteiger partial charge in [-0.3, -0.25) is 4.79 Å². The topological polar surface area (TPSA) is 84.9 Å². The molecule has 140 valence electrons. The van der Waals surface area contributed by atoms with Gasteiger partial charge in [-0.1, -0.05) is 35.5 Å². The van der Waals surface area contributed by atoms with E-state index in [2.05, 4.69) is 27.8 Å². The van der Waals surface area contributed by atoms with Crippen molar-refractivity contribution in [2.24, 2.45) is 11.8 Å². The van der Waals surface area contributed by atoms with Crippen molar-refractivity contribution in [3.63, 3.8) is 0 Å². The average Bonchev–Trinajstić information content (AvgIpc) is 2.49. The molecule has 1 aliphatic carbocycles. The smallest absolute Gasteiger partial charge is 0.417 e. The molecule has 3 fully saturated rings. The second-order valence-corrected chi connectivity index (χ2v) is 8.52. The predicted molar refractivity (Wildman–Crippen MR) is 95.3 cm³/mol. The first kappa shape index (κ1) is 19.8. The first-order valence-corrected chi connectivity index (χ1v) is 9.22. The molecular formula is C17H25BrN2O5. The molecule has 2 heterocycles. The van der Waals surface area contributed by atoms with E-state index in [0.717, 1.165) is 0 Å². The number of hydrogen-bond donors (Lipinski definition) is 1. The summed E-state index contributed by atoms with van der Waals surface area (Å²) in [6.45, 7) is 10.8. The zero-order valence-electron chi connectivity index (χ0n) is 15.0. The molecule has 2 bridgehead atoms. The lowest BCUT2D eigenvalue weighted by Crippen LogP contribution is -2.71. The van der Waals surface area contributed by atoms with E-state index in [-0.39, 0.29) is 29.3 Å². The Balaban J connectivity index is 2.22. The van der Waals surface area contributed by atoms with Crippen molar-refractivity contribution in [1.82, 2.24) is 10.2 Å². The monoisotopic (exact) mass is 416 g/mol. The molecule has 7 nitrogen and oxygen atoms in total. The second kappa shape index (κ2) is 7.35. The maximum atomic E-state index is 12.7. The molecule has 25 heavy (non-hydrogen) atoms. The fraction of sp³-hybridized carbons (Fsp3) is 0.706. The lowest BCUT2D eigenvalue weighted by molar-refractivity contribution is -0.149. The van der Waals surface area contributed by atoms with Crippen LogP contribution in [0.25, 0.3) is 0 Å². The molecule has 8 heteroatoms. The zero-order valence-corrected chi connectivity index (χ0v) is 16.5. The van der Waals surface area contributed by atoms with E-state index >= 15 is 0 Å². The van der Waals surface area contributed by atoms with Gasteiger partial charge in [0.05, 0.1) is 18.0 Å². The van der Waals surface area contributed by atoms with Crippen LogP contribution in [0.5, 0.6) is 0 Å². The Hall–Kier alpha value is -1.57. The zero-order chi connectivity index (χ0) is 18.9. The Labute approximate surface area is 156 Å². The maximum absolute atomic E-state index is 12.7. The summed E-state index contributed by atoms with van der Waals surface area (Å²) in [7, 11) is 0. The van der Waals surface area contributed by atoms with Crippen LogP contribution in [0.15, 0.2) is 12.7 Å². The molecule has 0 aromatic carbocycles. The third kappa shape index (κ3) is 4.16. The van der Waals surface area contributed by atoms with Crippen LogP contribution in [0.3, 0.4) is 0 Å². The Morgan fingerprint density at radius 3 is 2.64 bits per heavy atom.